The lowest BCUT2D eigenvalue weighted by atomic mass is 10.1. The number of rotatable bonds is 6. The van der Waals surface area contributed by atoms with Gasteiger partial charge in [-0.2, -0.15) is 23.4 Å². The summed E-state index contributed by atoms with van der Waals surface area (Å²) in [4.78, 5) is 20.4. The highest BCUT2D eigenvalue weighted by atomic mass is 19.4. The Morgan fingerprint density at radius 1 is 1.33 bits per heavy atom. The number of methoxy groups -OCH3 is 1. The van der Waals surface area contributed by atoms with Crippen LogP contribution in [0, 0.1) is 0 Å². The molecule has 0 spiro atoms. The van der Waals surface area contributed by atoms with Gasteiger partial charge in [-0.1, -0.05) is 0 Å². The smallest absolute Gasteiger partial charge is 0.378 e. The van der Waals surface area contributed by atoms with Crippen LogP contribution in [0.2, 0.25) is 0 Å². The lowest BCUT2D eigenvalue weighted by molar-refractivity contribution is -0.141. The van der Waals surface area contributed by atoms with Crippen molar-refractivity contribution in [3.8, 4) is 11.4 Å². The van der Waals surface area contributed by atoms with Gasteiger partial charge in [0, 0.05) is 39.5 Å². The average molecular weight is 464 g/mol. The van der Waals surface area contributed by atoms with E-state index in [2.05, 4.69) is 25.6 Å². The minimum absolute atomic E-state index is 0.0185. The Morgan fingerprint density at radius 2 is 2.09 bits per heavy atom. The fourth-order valence-electron chi connectivity index (χ4n) is 3.88. The van der Waals surface area contributed by atoms with E-state index in [0.29, 0.717) is 41.4 Å². The number of H-pyrrole nitrogens is 1. The highest BCUT2D eigenvalue weighted by Crippen LogP contribution is 2.34. The van der Waals surface area contributed by atoms with Crippen molar-refractivity contribution in [1.29, 1.82) is 0 Å². The summed E-state index contributed by atoms with van der Waals surface area (Å²) in [5.41, 5.74) is 1.43. The Hall–Kier alpha value is -3.35. The minimum atomic E-state index is -4.44. The van der Waals surface area contributed by atoms with Crippen molar-refractivity contribution in [2.24, 2.45) is 0 Å². The molecule has 5 rings (SSSR count). The number of fused-ring (bicyclic) bond motifs is 1. The summed E-state index contributed by atoms with van der Waals surface area (Å²) in [6, 6.07) is 1.47. The number of halogens is 3. The van der Waals surface area contributed by atoms with Gasteiger partial charge in [0.25, 0.3) is 0 Å². The molecule has 10 nitrogen and oxygen atoms in total. The Morgan fingerprint density at radius 3 is 2.76 bits per heavy atom. The van der Waals surface area contributed by atoms with Crippen molar-refractivity contribution in [3.63, 3.8) is 0 Å². The van der Waals surface area contributed by atoms with Crippen molar-refractivity contribution in [2.45, 2.75) is 37.7 Å². The average Bonchev–Trinajstić information content (AvgIpc) is 3.39. The molecule has 0 aromatic carbocycles. The molecule has 0 bridgehead atoms. The molecule has 2 amide bonds. The van der Waals surface area contributed by atoms with Crippen molar-refractivity contribution >= 4 is 28.4 Å². The van der Waals surface area contributed by atoms with E-state index in [1.807, 2.05) is 4.90 Å². The Labute approximate surface area is 186 Å². The molecule has 13 heteroatoms. The maximum atomic E-state index is 13.2. The number of nitrogens with one attached hydrogen (secondary N) is 2. The van der Waals surface area contributed by atoms with Crippen LogP contribution in [0.4, 0.5) is 29.5 Å². The molecular formula is C20H23F3N8O2. The third-order valence-corrected chi connectivity index (χ3v) is 5.98. The number of alkyl halides is 3. The van der Waals surface area contributed by atoms with Gasteiger partial charge in [0.1, 0.15) is 12.2 Å². The lowest BCUT2D eigenvalue weighted by Crippen LogP contribution is -2.52. The summed E-state index contributed by atoms with van der Waals surface area (Å²) in [7, 11) is 3.32. The van der Waals surface area contributed by atoms with Crippen molar-refractivity contribution < 1.29 is 22.7 Å². The molecule has 3 aromatic heterocycles. The van der Waals surface area contributed by atoms with Crippen molar-refractivity contribution in [2.75, 3.05) is 37.5 Å². The summed E-state index contributed by atoms with van der Waals surface area (Å²) in [5.74, 6) is 0.436. The van der Waals surface area contributed by atoms with Gasteiger partial charge in [0.2, 0.25) is 0 Å². The van der Waals surface area contributed by atoms with Crippen molar-refractivity contribution in [3.05, 3.63) is 18.5 Å². The molecule has 0 radical (unpaired) electrons. The molecule has 2 aliphatic rings. The minimum Gasteiger partial charge on any atom is -0.378 e. The van der Waals surface area contributed by atoms with Gasteiger partial charge in [-0.05, 0) is 18.9 Å². The summed E-state index contributed by atoms with van der Waals surface area (Å²) in [5, 5.41) is 14.3. The third kappa shape index (κ3) is 4.19. The SMILES string of the molecule is COC1CN(c2nn(CC(F)(F)F)c3cc(-c4[nH]ncc4NC(=O)N(C)C4CC4)ncc23)C1. The quantitative estimate of drug-likeness (QED) is 0.582. The fourth-order valence-corrected chi connectivity index (χ4v) is 3.88. The number of pyridine rings is 1. The molecule has 0 atom stereocenters. The first kappa shape index (κ1) is 21.5. The zero-order valence-electron chi connectivity index (χ0n) is 18.1. The zero-order valence-corrected chi connectivity index (χ0v) is 18.1. The van der Waals surface area contributed by atoms with Gasteiger partial charge in [-0.15, -0.1) is 0 Å². The van der Waals surface area contributed by atoms with Crippen LogP contribution < -0.4 is 10.2 Å². The van der Waals surface area contributed by atoms with Gasteiger partial charge in [-0.3, -0.25) is 14.8 Å². The van der Waals surface area contributed by atoms with E-state index in [0.717, 1.165) is 17.5 Å². The predicted molar refractivity (Wildman–Crippen MR) is 114 cm³/mol. The molecule has 2 N–H and O–H groups in total. The number of aromatic nitrogens is 5. The summed E-state index contributed by atoms with van der Waals surface area (Å²) >= 11 is 0. The largest absolute Gasteiger partial charge is 0.408 e. The molecule has 4 heterocycles. The number of nitrogens with zero attached hydrogens (tertiary/aromatic N) is 6. The van der Waals surface area contributed by atoms with Crippen LogP contribution in [0.1, 0.15) is 12.8 Å². The first-order valence-electron chi connectivity index (χ1n) is 10.5. The normalized spacial score (nSPS) is 16.8. The number of hydrogen-bond donors (Lipinski definition) is 2. The van der Waals surface area contributed by atoms with Gasteiger partial charge in [0.15, 0.2) is 5.82 Å². The Kier molecular flexibility index (Phi) is 5.15. The van der Waals surface area contributed by atoms with Crippen LogP contribution in [0.25, 0.3) is 22.3 Å². The second-order valence-corrected chi connectivity index (χ2v) is 8.38. The Balaban J connectivity index is 1.48. The van der Waals surface area contributed by atoms with E-state index in [4.69, 9.17) is 4.74 Å². The molecular weight excluding hydrogens is 441 g/mol. The highest BCUT2D eigenvalue weighted by molar-refractivity contribution is 5.96. The molecule has 2 fully saturated rings. The highest BCUT2D eigenvalue weighted by Gasteiger charge is 2.34. The number of carbonyl (C=O) groups is 1. The van der Waals surface area contributed by atoms with Crippen LogP contribution in [0.5, 0.6) is 0 Å². The topological polar surface area (TPSA) is 104 Å². The van der Waals surface area contributed by atoms with Crippen molar-refractivity contribution in [1.82, 2.24) is 29.9 Å². The second kappa shape index (κ2) is 7.90. The molecule has 3 aromatic rings. The Bertz CT molecular complexity index is 1180. The van der Waals surface area contributed by atoms with Gasteiger partial charge in [0.05, 0.1) is 34.6 Å². The standard InChI is InChI=1S/C20H23F3N8O2/c1-29(11-3-4-11)19(32)26-15-7-25-27-17(15)14-5-16-13(6-24-14)18(30-8-12(9-30)33-2)28-31(16)10-20(21,22)23/h5-7,11-12H,3-4,8-10H2,1-2H3,(H,25,27)(H,26,32). The summed E-state index contributed by atoms with van der Waals surface area (Å²) in [6.07, 6.45) is 0.461. The first-order valence-corrected chi connectivity index (χ1v) is 10.5. The van der Waals surface area contributed by atoms with Crippen LogP contribution in [0.15, 0.2) is 18.5 Å². The molecule has 1 saturated heterocycles. The third-order valence-electron chi connectivity index (χ3n) is 5.98. The van der Waals surface area contributed by atoms with Crippen LogP contribution >= 0.6 is 0 Å². The van der Waals surface area contributed by atoms with Crippen LogP contribution in [-0.2, 0) is 11.3 Å². The molecule has 176 valence electrons. The van der Waals surface area contributed by atoms with Gasteiger partial charge in [-0.25, -0.2) is 4.79 Å². The van der Waals surface area contributed by atoms with E-state index >= 15 is 0 Å². The number of carbonyl (C=O) groups excluding carboxylic acids is 1. The number of amides is 2. The van der Waals surface area contributed by atoms with E-state index in [-0.39, 0.29) is 23.7 Å². The maximum Gasteiger partial charge on any atom is 0.408 e. The van der Waals surface area contributed by atoms with Gasteiger partial charge < -0.3 is 19.9 Å². The predicted octanol–water partition coefficient (Wildman–Crippen LogP) is 2.84. The van der Waals surface area contributed by atoms with E-state index in [1.165, 1.54) is 18.5 Å². The molecule has 33 heavy (non-hydrogen) atoms. The lowest BCUT2D eigenvalue weighted by Gasteiger charge is -2.38. The molecule has 1 aliphatic heterocycles. The fraction of sp³-hybridized carbons (Fsp3) is 0.500. The van der Waals surface area contributed by atoms with E-state index in [1.54, 1.807) is 19.1 Å². The molecule has 0 unspecified atom stereocenters. The molecule has 1 saturated carbocycles. The van der Waals surface area contributed by atoms with E-state index in [9.17, 15) is 18.0 Å². The second-order valence-electron chi connectivity index (χ2n) is 8.38. The number of urea groups is 1. The summed E-state index contributed by atoms with van der Waals surface area (Å²) < 4.78 is 45.9. The summed E-state index contributed by atoms with van der Waals surface area (Å²) in [6.45, 7) is -0.142. The van der Waals surface area contributed by atoms with E-state index < -0.39 is 12.7 Å². The molecule has 1 aliphatic carbocycles. The van der Waals surface area contributed by atoms with Crippen LogP contribution in [-0.4, -0.2) is 81.5 Å². The van der Waals surface area contributed by atoms with Gasteiger partial charge >= 0.3 is 12.2 Å². The van der Waals surface area contributed by atoms with Crippen LogP contribution in [0.3, 0.4) is 0 Å². The number of aromatic amines is 1. The number of ether oxygens (including phenoxy) is 1. The monoisotopic (exact) mass is 464 g/mol. The maximum absolute atomic E-state index is 13.2. The number of anilines is 2. The number of hydrogen-bond acceptors (Lipinski definition) is 6. The first-order chi connectivity index (χ1) is 15.7. The zero-order chi connectivity index (χ0) is 23.3.